The van der Waals surface area contributed by atoms with E-state index in [1.165, 1.54) is 11.0 Å². The number of hydrogen-bond acceptors (Lipinski definition) is 2. The summed E-state index contributed by atoms with van der Waals surface area (Å²) in [5.41, 5.74) is 0.897. The first-order valence-corrected chi connectivity index (χ1v) is 9.03. The Balaban J connectivity index is 1.85. The molecule has 0 saturated carbocycles. The van der Waals surface area contributed by atoms with Crippen molar-refractivity contribution in [3.05, 3.63) is 42.0 Å². The number of nitrogens with zero attached hydrogens (tertiary/aromatic N) is 2. The minimum absolute atomic E-state index is 0.0278. The molecule has 1 aliphatic heterocycles. The number of carbonyl (C=O) groups is 1. The molecule has 142 valence electrons. The van der Waals surface area contributed by atoms with E-state index in [1.54, 1.807) is 0 Å². The maximum Gasteiger partial charge on any atom is 0.322 e. The number of para-hydroxylation sites is 1. The summed E-state index contributed by atoms with van der Waals surface area (Å²) in [6.45, 7) is 5.55. The van der Waals surface area contributed by atoms with Gasteiger partial charge in [-0.1, -0.05) is 18.2 Å². The third kappa shape index (κ3) is 2.92. The molecular weight excluding hydrogens is 352 g/mol. The van der Waals surface area contributed by atoms with Crippen LogP contribution in [0.2, 0.25) is 0 Å². The third-order valence-electron chi connectivity index (χ3n) is 4.94. The summed E-state index contributed by atoms with van der Waals surface area (Å²) in [6, 6.07) is 8.19. The summed E-state index contributed by atoms with van der Waals surface area (Å²) < 4.78 is 37.2. The molecule has 0 unspecified atom stereocenters. The number of urea groups is 1. The Kier molecular flexibility index (Phi) is 4.47. The van der Waals surface area contributed by atoms with Crippen molar-refractivity contribution in [1.29, 1.82) is 0 Å². The van der Waals surface area contributed by atoms with Gasteiger partial charge in [-0.15, -0.1) is 0 Å². The number of anilines is 1. The van der Waals surface area contributed by atoms with Crippen LogP contribution in [0.25, 0.3) is 21.8 Å². The number of benzene rings is 2. The lowest BCUT2D eigenvalue weighted by Crippen LogP contribution is -2.43. The van der Waals surface area contributed by atoms with Crippen molar-refractivity contribution in [3.63, 3.8) is 0 Å². The van der Waals surface area contributed by atoms with Gasteiger partial charge in [-0.3, -0.25) is 0 Å². The fraction of sp³-hybridized carbons (Fsp3) is 0.350. The number of hydrogen-bond donors (Lipinski definition) is 1. The second-order valence-corrected chi connectivity index (χ2v) is 6.95. The van der Waals surface area contributed by atoms with E-state index >= 15 is 4.39 Å². The molecule has 1 aromatic heterocycles. The molecule has 0 spiro atoms. The monoisotopic (exact) mass is 373 g/mol. The Labute approximate surface area is 155 Å². The molecule has 5 nitrogen and oxygen atoms in total. The molecule has 2 amide bonds. The Morgan fingerprint density at radius 1 is 1.15 bits per heavy atom. The first kappa shape index (κ1) is 17.7. The minimum Gasteiger partial charge on any atom is -0.378 e. The van der Waals surface area contributed by atoms with Gasteiger partial charge in [0.2, 0.25) is 0 Å². The van der Waals surface area contributed by atoms with Crippen LogP contribution >= 0.6 is 0 Å². The Morgan fingerprint density at radius 2 is 1.85 bits per heavy atom. The van der Waals surface area contributed by atoms with E-state index < -0.39 is 23.4 Å². The van der Waals surface area contributed by atoms with Gasteiger partial charge in [0.05, 0.1) is 18.7 Å². The van der Waals surface area contributed by atoms with Crippen molar-refractivity contribution in [2.45, 2.75) is 19.9 Å². The van der Waals surface area contributed by atoms with Crippen molar-refractivity contribution in [2.24, 2.45) is 0 Å². The lowest BCUT2D eigenvalue weighted by Gasteiger charge is -2.27. The van der Waals surface area contributed by atoms with Crippen molar-refractivity contribution in [1.82, 2.24) is 9.47 Å². The average Bonchev–Trinajstić information content (AvgIpc) is 2.99. The van der Waals surface area contributed by atoms with Gasteiger partial charge in [-0.05, 0) is 19.9 Å². The van der Waals surface area contributed by atoms with E-state index in [-0.39, 0.29) is 6.04 Å². The van der Waals surface area contributed by atoms with Gasteiger partial charge in [-0.2, -0.15) is 0 Å². The van der Waals surface area contributed by atoms with Gasteiger partial charge in [0.25, 0.3) is 0 Å². The maximum atomic E-state index is 15.4. The summed E-state index contributed by atoms with van der Waals surface area (Å²) in [6.07, 6.45) is 0. The largest absolute Gasteiger partial charge is 0.378 e. The molecule has 2 aromatic carbocycles. The SMILES string of the molecule is CC(C)n1c2ccccc2c2c(F)c(NC(=O)N3CCOCC3)c(F)cc21. The maximum absolute atomic E-state index is 15.4. The highest BCUT2D eigenvalue weighted by Gasteiger charge is 2.24. The molecule has 4 rings (SSSR count). The van der Waals surface area contributed by atoms with Crippen LogP contribution in [0.3, 0.4) is 0 Å². The highest BCUT2D eigenvalue weighted by molar-refractivity contribution is 6.10. The molecule has 1 fully saturated rings. The molecule has 2 heterocycles. The van der Waals surface area contributed by atoms with Gasteiger partial charge in [-0.25, -0.2) is 13.6 Å². The van der Waals surface area contributed by atoms with Gasteiger partial charge < -0.3 is 19.5 Å². The Hall–Kier alpha value is -2.67. The lowest BCUT2D eigenvalue weighted by atomic mass is 10.1. The molecule has 1 saturated heterocycles. The van der Waals surface area contributed by atoms with Crippen LogP contribution in [0.5, 0.6) is 0 Å². The summed E-state index contributed by atoms with van der Waals surface area (Å²) in [5, 5.41) is 3.43. The zero-order valence-electron chi connectivity index (χ0n) is 15.3. The van der Waals surface area contributed by atoms with Crippen molar-refractivity contribution < 1.29 is 18.3 Å². The first-order valence-electron chi connectivity index (χ1n) is 9.03. The van der Waals surface area contributed by atoms with Crippen molar-refractivity contribution >= 4 is 33.5 Å². The van der Waals surface area contributed by atoms with Gasteiger partial charge in [0.15, 0.2) is 11.6 Å². The number of amides is 2. The van der Waals surface area contributed by atoms with Gasteiger partial charge >= 0.3 is 6.03 Å². The fourth-order valence-electron chi connectivity index (χ4n) is 3.70. The van der Waals surface area contributed by atoms with E-state index in [9.17, 15) is 9.18 Å². The highest BCUT2D eigenvalue weighted by atomic mass is 19.1. The predicted molar refractivity (Wildman–Crippen MR) is 101 cm³/mol. The second kappa shape index (κ2) is 6.81. The van der Waals surface area contributed by atoms with Crippen LogP contribution in [-0.4, -0.2) is 41.8 Å². The molecule has 0 atom stereocenters. The molecular formula is C20H21F2N3O2. The van der Waals surface area contributed by atoms with E-state index in [2.05, 4.69) is 5.32 Å². The van der Waals surface area contributed by atoms with Crippen LogP contribution < -0.4 is 5.32 Å². The predicted octanol–water partition coefficient (Wildman–Crippen LogP) is 4.52. The number of morpholine rings is 1. The molecule has 1 N–H and O–H groups in total. The normalized spacial score (nSPS) is 15.1. The van der Waals surface area contributed by atoms with Gasteiger partial charge in [0, 0.05) is 41.5 Å². The van der Waals surface area contributed by atoms with E-state index in [0.29, 0.717) is 42.6 Å². The standard InChI is InChI=1S/C20H21F2N3O2/c1-12(2)25-15-6-4-3-5-13(15)17-16(25)11-14(21)19(18(17)22)23-20(26)24-7-9-27-10-8-24/h3-6,11-12H,7-10H2,1-2H3,(H,23,26). The highest BCUT2D eigenvalue weighted by Crippen LogP contribution is 2.37. The van der Waals surface area contributed by atoms with Crippen molar-refractivity contribution in [3.8, 4) is 0 Å². The van der Waals surface area contributed by atoms with E-state index in [1.807, 2.05) is 42.7 Å². The van der Waals surface area contributed by atoms with E-state index in [4.69, 9.17) is 4.74 Å². The van der Waals surface area contributed by atoms with E-state index in [0.717, 1.165) is 5.52 Å². The quantitative estimate of drug-likeness (QED) is 0.718. The summed E-state index contributed by atoms with van der Waals surface area (Å²) in [4.78, 5) is 13.9. The zero-order valence-corrected chi connectivity index (χ0v) is 15.3. The molecule has 7 heteroatoms. The number of fused-ring (bicyclic) bond motifs is 3. The Bertz CT molecular complexity index is 1020. The fourth-order valence-corrected chi connectivity index (χ4v) is 3.70. The number of halogens is 2. The average molecular weight is 373 g/mol. The second-order valence-electron chi connectivity index (χ2n) is 6.95. The number of nitrogens with one attached hydrogen (secondary N) is 1. The zero-order chi connectivity index (χ0) is 19.1. The topological polar surface area (TPSA) is 46.5 Å². The summed E-state index contributed by atoms with van der Waals surface area (Å²) in [5.74, 6) is -1.53. The molecule has 0 radical (unpaired) electrons. The van der Waals surface area contributed by atoms with Crippen LogP contribution in [-0.2, 0) is 4.74 Å². The smallest absolute Gasteiger partial charge is 0.322 e. The first-order chi connectivity index (χ1) is 13.0. The summed E-state index contributed by atoms with van der Waals surface area (Å²) >= 11 is 0. The summed E-state index contributed by atoms with van der Waals surface area (Å²) in [7, 11) is 0. The number of carbonyl (C=O) groups excluding carboxylic acids is 1. The van der Waals surface area contributed by atoms with Crippen LogP contribution in [0.15, 0.2) is 30.3 Å². The van der Waals surface area contributed by atoms with Gasteiger partial charge in [0.1, 0.15) is 5.69 Å². The Morgan fingerprint density at radius 3 is 2.56 bits per heavy atom. The van der Waals surface area contributed by atoms with Crippen molar-refractivity contribution in [2.75, 3.05) is 31.6 Å². The molecule has 1 aliphatic rings. The number of ether oxygens (including phenoxy) is 1. The number of aromatic nitrogens is 1. The van der Waals surface area contributed by atoms with Crippen LogP contribution in [0.1, 0.15) is 19.9 Å². The molecule has 3 aromatic rings. The molecule has 27 heavy (non-hydrogen) atoms. The molecule has 0 aliphatic carbocycles. The lowest BCUT2D eigenvalue weighted by molar-refractivity contribution is 0.0564. The number of rotatable bonds is 2. The van der Waals surface area contributed by atoms with Crippen LogP contribution in [0.4, 0.5) is 19.3 Å². The third-order valence-corrected chi connectivity index (χ3v) is 4.94. The van der Waals surface area contributed by atoms with Crippen LogP contribution in [0, 0.1) is 11.6 Å². The minimum atomic E-state index is -0.786. The molecule has 0 bridgehead atoms.